The lowest BCUT2D eigenvalue weighted by atomic mass is 10.0. The number of nitro groups is 2. The highest BCUT2D eigenvalue weighted by molar-refractivity contribution is 5.75. The number of hydrogen-bond donors (Lipinski definition) is 0. The van der Waals surface area contributed by atoms with Gasteiger partial charge in [-0.3, -0.25) is 25.0 Å². The third kappa shape index (κ3) is 8.38. The molecule has 1 fully saturated rings. The third-order valence-corrected chi connectivity index (χ3v) is 5.65. The van der Waals surface area contributed by atoms with E-state index in [-0.39, 0.29) is 42.0 Å². The van der Waals surface area contributed by atoms with Gasteiger partial charge in [-0.15, -0.1) is 12.3 Å². The molecular weight excluding hydrogens is 548 g/mol. The summed E-state index contributed by atoms with van der Waals surface area (Å²) in [6.07, 6.45) is -0.300. The van der Waals surface area contributed by atoms with Gasteiger partial charge in [0.25, 0.3) is 5.69 Å². The van der Waals surface area contributed by atoms with Gasteiger partial charge < -0.3 is 28.4 Å². The zero-order valence-electron chi connectivity index (χ0n) is 21.8. The van der Waals surface area contributed by atoms with Crippen molar-refractivity contribution < 1.29 is 52.7 Å². The molecule has 0 amide bonds. The maximum absolute atomic E-state index is 12.4. The molecule has 3 unspecified atom stereocenters. The largest absolute Gasteiger partial charge is 0.514 e. The molecule has 0 N–H and O–H groups in total. The molecule has 1 aliphatic heterocycles. The molecule has 3 rings (SSSR count). The Morgan fingerprint density at radius 2 is 1.80 bits per heavy atom. The van der Waals surface area contributed by atoms with Crippen LogP contribution in [0.4, 0.5) is 16.2 Å². The fraction of sp³-hybridized carbons (Fsp3) is 0.346. The number of carbonyl (C=O) groups is 3. The topological polar surface area (TPSA) is 193 Å². The molecule has 41 heavy (non-hydrogen) atoms. The molecule has 2 aromatic carbocycles. The van der Waals surface area contributed by atoms with Gasteiger partial charge >= 0.3 is 23.8 Å². The fourth-order valence-corrected chi connectivity index (χ4v) is 3.86. The second kappa shape index (κ2) is 13.7. The predicted octanol–water partition coefficient (Wildman–Crippen LogP) is 3.77. The van der Waals surface area contributed by atoms with Crippen LogP contribution in [0.25, 0.3) is 0 Å². The maximum atomic E-state index is 12.4. The zero-order chi connectivity index (χ0) is 30.1. The number of benzene rings is 2. The quantitative estimate of drug-likeness (QED) is 0.0998. The Morgan fingerprint density at radius 1 is 1.10 bits per heavy atom. The first-order valence-electron chi connectivity index (χ1n) is 11.9. The molecule has 1 aliphatic rings. The minimum Gasteiger partial charge on any atom is -0.467 e. The zero-order valence-corrected chi connectivity index (χ0v) is 21.8. The van der Waals surface area contributed by atoms with Crippen LogP contribution in [-0.2, 0) is 28.5 Å². The average Bonchev–Trinajstić information content (AvgIpc) is 2.92. The first-order valence-corrected chi connectivity index (χ1v) is 11.9. The summed E-state index contributed by atoms with van der Waals surface area (Å²) < 4.78 is 31.4. The van der Waals surface area contributed by atoms with E-state index in [1.54, 1.807) is 0 Å². The highest BCUT2D eigenvalue weighted by Crippen LogP contribution is 2.35. The minimum atomic E-state index is -1.21. The molecule has 1 heterocycles. The van der Waals surface area contributed by atoms with Crippen LogP contribution in [0.3, 0.4) is 0 Å². The molecule has 0 spiro atoms. The first kappa shape index (κ1) is 30.3. The van der Waals surface area contributed by atoms with Crippen molar-refractivity contribution in [2.24, 2.45) is 0 Å². The van der Waals surface area contributed by atoms with Crippen molar-refractivity contribution in [3.05, 3.63) is 68.3 Å². The molecule has 4 atom stereocenters. The molecule has 2 aromatic rings. The van der Waals surface area contributed by atoms with Crippen molar-refractivity contribution in [1.29, 1.82) is 0 Å². The number of non-ortho nitro benzene ring substituents is 1. The van der Waals surface area contributed by atoms with Crippen LogP contribution in [-0.4, -0.2) is 53.5 Å². The molecule has 216 valence electrons. The van der Waals surface area contributed by atoms with E-state index in [1.807, 2.05) is 0 Å². The van der Waals surface area contributed by atoms with Crippen LogP contribution < -0.4 is 9.47 Å². The van der Waals surface area contributed by atoms with Gasteiger partial charge in [0.05, 0.1) is 23.4 Å². The normalized spacial score (nSPS) is 18.6. The van der Waals surface area contributed by atoms with Crippen LogP contribution in [0, 0.1) is 32.6 Å². The number of esters is 2. The average molecular weight is 572 g/mol. The SMILES string of the molecule is C#CCC(OC(=O)Oc1ccc([N+](=O)[O-])cc1)c1ccc(OC2CC(OC(C)=O)C[C@@H](C(=O)OC)O2)c([N+](=O)[O-])c1. The van der Waals surface area contributed by atoms with E-state index in [0.29, 0.717) is 0 Å². The molecule has 0 bridgehead atoms. The Morgan fingerprint density at radius 3 is 2.39 bits per heavy atom. The summed E-state index contributed by atoms with van der Waals surface area (Å²) in [5.41, 5.74) is -0.617. The Labute approximate surface area is 232 Å². The molecule has 0 aromatic heterocycles. The van der Waals surface area contributed by atoms with E-state index in [4.69, 9.17) is 30.1 Å². The summed E-state index contributed by atoms with van der Waals surface area (Å²) >= 11 is 0. The number of nitro benzene ring substituents is 2. The Kier molecular flexibility index (Phi) is 10.1. The van der Waals surface area contributed by atoms with E-state index in [1.165, 1.54) is 31.2 Å². The smallest absolute Gasteiger partial charge is 0.467 e. The van der Waals surface area contributed by atoms with Gasteiger partial charge in [-0.25, -0.2) is 9.59 Å². The van der Waals surface area contributed by atoms with Crippen molar-refractivity contribution in [3.63, 3.8) is 0 Å². The second-order valence-corrected chi connectivity index (χ2v) is 8.50. The standard InChI is InChI=1S/C26H24N2O13/c1-4-5-21(41-26(31)38-18-9-7-17(8-10-18)27(32)33)16-6-11-22(20(12-16)28(34)35)39-24-14-19(37-15(2)29)13-23(40-24)25(30)36-3/h1,6-12,19,21,23-24H,5,13-14H2,2-3H3/t19?,21?,23-,24?/m0/s1. The predicted molar refractivity (Wildman–Crippen MR) is 136 cm³/mol. The molecule has 1 saturated heterocycles. The lowest BCUT2D eigenvalue weighted by Gasteiger charge is -2.33. The molecule has 0 aliphatic carbocycles. The van der Waals surface area contributed by atoms with Crippen molar-refractivity contribution in [2.75, 3.05) is 7.11 Å². The molecule has 0 radical (unpaired) electrons. The van der Waals surface area contributed by atoms with Gasteiger partial charge in [0, 0.05) is 43.5 Å². The summed E-state index contributed by atoms with van der Waals surface area (Å²) in [6.45, 7) is 1.19. The maximum Gasteiger partial charge on any atom is 0.514 e. The summed E-state index contributed by atoms with van der Waals surface area (Å²) in [5, 5.41) is 22.7. The van der Waals surface area contributed by atoms with E-state index >= 15 is 0 Å². The molecular formula is C26H24N2O13. The molecule has 15 heteroatoms. The van der Waals surface area contributed by atoms with E-state index in [2.05, 4.69) is 10.7 Å². The Bertz CT molecular complexity index is 1350. The number of rotatable bonds is 10. The number of methoxy groups -OCH3 is 1. The summed E-state index contributed by atoms with van der Waals surface area (Å²) in [4.78, 5) is 57.2. The Hall–Kier alpha value is -5.23. The van der Waals surface area contributed by atoms with Gasteiger partial charge in [-0.2, -0.15) is 0 Å². The fourth-order valence-electron chi connectivity index (χ4n) is 3.86. The lowest BCUT2D eigenvalue weighted by molar-refractivity contribution is -0.386. The summed E-state index contributed by atoms with van der Waals surface area (Å²) in [7, 11) is 1.15. The first-order chi connectivity index (χ1) is 19.5. The van der Waals surface area contributed by atoms with E-state index in [0.717, 1.165) is 25.3 Å². The van der Waals surface area contributed by atoms with Crippen LogP contribution in [0.1, 0.15) is 37.9 Å². The summed E-state index contributed by atoms with van der Waals surface area (Å²) in [6, 6.07) is 8.32. The Balaban J connectivity index is 1.78. The number of nitrogens with zero attached hydrogens (tertiary/aromatic N) is 2. The van der Waals surface area contributed by atoms with Gasteiger partial charge in [-0.05, 0) is 18.2 Å². The number of carbonyl (C=O) groups excluding carboxylic acids is 3. The van der Waals surface area contributed by atoms with Gasteiger partial charge in [0.1, 0.15) is 18.0 Å². The van der Waals surface area contributed by atoms with E-state index in [9.17, 15) is 34.6 Å². The van der Waals surface area contributed by atoms with Crippen LogP contribution in [0.5, 0.6) is 11.5 Å². The number of terminal acetylenes is 1. The van der Waals surface area contributed by atoms with Crippen molar-refractivity contribution in [2.45, 2.75) is 50.8 Å². The van der Waals surface area contributed by atoms with Gasteiger partial charge in [-0.1, -0.05) is 6.07 Å². The lowest BCUT2D eigenvalue weighted by Crippen LogP contribution is -2.44. The summed E-state index contributed by atoms with van der Waals surface area (Å²) in [5.74, 6) is 0.687. The number of ether oxygens (including phenoxy) is 6. The molecule has 15 nitrogen and oxygen atoms in total. The third-order valence-electron chi connectivity index (χ3n) is 5.65. The number of hydrogen-bond acceptors (Lipinski definition) is 13. The highest BCUT2D eigenvalue weighted by atomic mass is 16.7. The highest BCUT2D eigenvalue weighted by Gasteiger charge is 2.38. The van der Waals surface area contributed by atoms with Crippen LogP contribution in [0.2, 0.25) is 0 Å². The molecule has 0 saturated carbocycles. The van der Waals surface area contributed by atoms with Gasteiger partial charge in [0.2, 0.25) is 6.29 Å². The van der Waals surface area contributed by atoms with Crippen molar-refractivity contribution in [3.8, 4) is 23.8 Å². The minimum absolute atomic E-state index is 0.00816. The van der Waals surface area contributed by atoms with Crippen LogP contribution in [0.15, 0.2) is 42.5 Å². The van der Waals surface area contributed by atoms with E-state index < -0.39 is 58.2 Å². The second-order valence-electron chi connectivity index (χ2n) is 8.50. The monoisotopic (exact) mass is 572 g/mol. The van der Waals surface area contributed by atoms with Crippen molar-refractivity contribution >= 4 is 29.5 Å². The van der Waals surface area contributed by atoms with Gasteiger partial charge in [0.15, 0.2) is 11.9 Å². The van der Waals surface area contributed by atoms with Crippen molar-refractivity contribution in [1.82, 2.24) is 0 Å². The van der Waals surface area contributed by atoms with Crippen LogP contribution >= 0.6 is 0 Å².